The predicted molar refractivity (Wildman–Crippen MR) is 79.4 cm³/mol. The van der Waals surface area contributed by atoms with E-state index >= 15 is 0 Å². The molecule has 21 heavy (non-hydrogen) atoms. The number of amides is 1. The lowest BCUT2D eigenvalue weighted by Crippen LogP contribution is -2.17. The van der Waals surface area contributed by atoms with Crippen LogP contribution in [0.5, 0.6) is 0 Å². The van der Waals surface area contributed by atoms with Gasteiger partial charge in [-0.15, -0.1) is 0 Å². The van der Waals surface area contributed by atoms with Crippen molar-refractivity contribution in [3.8, 4) is 0 Å². The van der Waals surface area contributed by atoms with E-state index < -0.39 is 11.9 Å². The smallest absolute Gasteiger partial charge is 0.267 e. The summed E-state index contributed by atoms with van der Waals surface area (Å²) < 4.78 is 14.7. The molecule has 8 heteroatoms. The van der Waals surface area contributed by atoms with Gasteiger partial charge in [0.05, 0.1) is 27.5 Å². The average molecular weight is 329 g/mol. The maximum Gasteiger partial charge on any atom is 0.271 e. The van der Waals surface area contributed by atoms with Gasteiger partial charge >= 0.3 is 0 Å². The second-order valence-electron chi connectivity index (χ2n) is 4.24. The van der Waals surface area contributed by atoms with Crippen LogP contribution in [0.3, 0.4) is 0 Å². The topological polar surface area (TPSA) is 59.3 Å². The summed E-state index contributed by atoms with van der Waals surface area (Å²) in [6.45, 7) is 1.64. The lowest BCUT2D eigenvalue weighted by atomic mass is 10.2. The second kappa shape index (κ2) is 6.24. The summed E-state index contributed by atoms with van der Waals surface area (Å²) in [6, 6.07) is 4.44. The Morgan fingerprint density at radius 3 is 2.71 bits per heavy atom. The molecule has 0 radical (unpaired) electrons. The van der Waals surface area contributed by atoms with Crippen molar-refractivity contribution >= 4 is 35.3 Å². The van der Waals surface area contributed by atoms with E-state index in [1.54, 1.807) is 6.92 Å². The van der Waals surface area contributed by atoms with Crippen LogP contribution in [-0.4, -0.2) is 21.9 Å². The van der Waals surface area contributed by atoms with Gasteiger partial charge in [-0.3, -0.25) is 4.79 Å². The van der Waals surface area contributed by atoms with Gasteiger partial charge < -0.3 is 0 Å². The summed E-state index contributed by atoms with van der Waals surface area (Å²) in [5.41, 5.74) is 3.27. The van der Waals surface area contributed by atoms with Crippen LogP contribution in [0.25, 0.3) is 0 Å². The molecule has 5 nitrogen and oxygen atoms in total. The van der Waals surface area contributed by atoms with E-state index in [1.165, 1.54) is 31.5 Å². The zero-order chi connectivity index (χ0) is 15.6. The number of hydrogen-bond donors (Lipinski definition) is 1. The van der Waals surface area contributed by atoms with Crippen LogP contribution in [0, 0.1) is 12.9 Å². The largest absolute Gasteiger partial charge is 0.271 e. The van der Waals surface area contributed by atoms with Crippen molar-refractivity contribution in [1.29, 1.82) is 0 Å². The van der Waals surface area contributed by atoms with E-state index in [-0.39, 0.29) is 10.6 Å². The Morgan fingerprint density at radius 2 is 2.14 bits per heavy atom. The molecule has 0 atom stereocenters. The maximum absolute atomic E-state index is 13.6. The van der Waals surface area contributed by atoms with Gasteiger partial charge in [-0.05, 0) is 25.1 Å². The van der Waals surface area contributed by atoms with E-state index in [1.807, 2.05) is 0 Å². The summed E-state index contributed by atoms with van der Waals surface area (Å²) in [7, 11) is 1.48. The van der Waals surface area contributed by atoms with E-state index in [9.17, 15) is 9.18 Å². The molecule has 1 aromatic heterocycles. The molecular formula is C13H11Cl2FN4O. The Kier molecular flexibility index (Phi) is 4.59. The molecule has 1 aromatic carbocycles. The minimum Gasteiger partial charge on any atom is -0.267 e. The van der Waals surface area contributed by atoms with Gasteiger partial charge in [-0.1, -0.05) is 23.2 Å². The third-order valence-electron chi connectivity index (χ3n) is 2.74. The minimum absolute atomic E-state index is 0.215. The van der Waals surface area contributed by atoms with E-state index in [0.717, 1.165) is 4.68 Å². The summed E-state index contributed by atoms with van der Waals surface area (Å²) >= 11 is 11.6. The lowest BCUT2D eigenvalue weighted by Gasteiger charge is -2.01. The number of benzene rings is 1. The molecule has 0 fully saturated rings. The van der Waals surface area contributed by atoms with Gasteiger partial charge in [0.25, 0.3) is 5.91 Å². The fourth-order valence-corrected chi connectivity index (χ4v) is 1.95. The maximum atomic E-state index is 13.6. The molecule has 0 saturated heterocycles. The van der Waals surface area contributed by atoms with E-state index in [4.69, 9.17) is 23.2 Å². The Morgan fingerprint density at radius 1 is 1.43 bits per heavy atom. The molecule has 1 N–H and O–H groups in total. The minimum atomic E-state index is -0.528. The number of rotatable bonds is 3. The first-order valence-corrected chi connectivity index (χ1v) is 6.63. The molecule has 0 bridgehead atoms. The highest BCUT2D eigenvalue weighted by atomic mass is 35.5. The summed E-state index contributed by atoms with van der Waals surface area (Å²) in [5, 5.41) is 8.22. The first-order valence-electron chi connectivity index (χ1n) is 5.87. The number of carbonyl (C=O) groups excluding carboxylic acids is 1. The van der Waals surface area contributed by atoms with Crippen LogP contribution < -0.4 is 5.43 Å². The number of aryl methyl sites for hydroxylation is 2. The van der Waals surface area contributed by atoms with Crippen molar-refractivity contribution < 1.29 is 9.18 Å². The number of aromatic nitrogens is 2. The Balaban J connectivity index is 2.10. The van der Waals surface area contributed by atoms with Gasteiger partial charge in [0.2, 0.25) is 5.95 Å². The van der Waals surface area contributed by atoms with E-state index in [0.29, 0.717) is 16.3 Å². The highest BCUT2D eigenvalue weighted by Gasteiger charge is 2.11. The number of carbonyl (C=O) groups is 1. The SMILES string of the molecule is Cc1nn(C)c(F)c1/C=N/NC(=O)c1ccc(Cl)c(Cl)c1. The monoisotopic (exact) mass is 328 g/mol. The van der Waals surface area contributed by atoms with Gasteiger partial charge in [0.15, 0.2) is 0 Å². The number of hydrazone groups is 1. The molecule has 0 unspecified atom stereocenters. The fourth-order valence-electron chi connectivity index (χ4n) is 1.65. The summed E-state index contributed by atoms with van der Waals surface area (Å²) in [6.07, 6.45) is 1.20. The van der Waals surface area contributed by atoms with Crippen molar-refractivity contribution in [1.82, 2.24) is 15.2 Å². The number of hydrogen-bond acceptors (Lipinski definition) is 3. The third kappa shape index (κ3) is 3.40. The quantitative estimate of drug-likeness (QED) is 0.695. The summed E-state index contributed by atoms with van der Waals surface area (Å²) in [5.74, 6) is -1.01. The van der Waals surface area contributed by atoms with Crippen LogP contribution in [0.4, 0.5) is 4.39 Å². The zero-order valence-corrected chi connectivity index (χ0v) is 12.7. The normalized spacial score (nSPS) is 11.1. The molecule has 2 aromatic rings. The fraction of sp³-hybridized carbons (Fsp3) is 0.154. The van der Waals surface area contributed by atoms with Crippen molar-refractivity contribution in [2.24, 2.45) is 12.1 Å². The van der Waals surface area contributed by atoms with Crippen molar-refractivity contribution in [3.63, 3.8) is 0 Å². The molecule has 0 saturated carbocycles. The highest BCUT2D eigenvalue weighted by Crippen LogP contribution is 2.22. The zero-order valence-electron chi connectivity index (χ0n) is 11.2. The molecule has 110 valence electrons. The molecule has 0 aliphatic carbocycles. The third-order valence-corrected chi connectivity index (χ3v) is 3.48. The van der Waals surface area contributed by atoms with Crippen LogP contribution in [-0.2, 0) is 7.05 Å². The van der Waals surface area contributed by atoms with Crippen LogP contribution in [0.2, 0.25) is 10.0 Å². The first kappa shape index (κ1) is 15.5. The van der Waals surface area contributed by atoms with E-state index in [2.05, 4.69) is 15.6 Å². The van der Waals surface area contributed by atoms with Gasteiger partial charge in [0, 0.05) is 12.6 Å². The van der Waals surface area contributed by atoms with Crippen molar-refractivity contribution in [3.05, 3.63) is 51.0 Å². The van der Waals surface area contributed by atoms with Crippen LogP contribution in [0.15, 0.2) is 23.3 Å². The second-order valence-corrected chi connectivity index (χ2v) is 5.06. The molecule has 2 rings (SSSR count). The average Bonchev–Trinajstić information content (AvgIpc) is 2.68. The molecular weight excluding hydrogens is 318 g/mol. The molecule has 0 aliphatic heterocycles. The summed E-state index contributed by atoms with van der Waals surface area (Å²) in [4.78, 5) is 11.8. The Bertz CT molecular complexity index is 727. The molecule has 0 aliphatic rings. The molecule has 0 spiro atoms. The van der Waals surface area contributed by atoms with Gasteiger partial charge in [0.1, 0.15) is 0 Å². The van der Waals surface area contributed by atoms with Crippen molar-refractivity contribution in [2.45, 2.75) is 6.92 Å². The standard InChI is InChI=1S/C13H11Cl2FN4O/c1-7-9(12(16)20(2)19-7)6-17-18-13(21)8-3-4-10(14)11(15)5-8/h3-6H,1-2H3,(H,18,21)/b17-6+. The van der Waals surface area contributed by atoms with Crippen molar-refractivity contribution in [2.75, 3.05) is 0 Å². The predicted octanol–water partition coefficient (Wildman–Crippen LogP) is 2.94. The van der Waals surface area contributed by atoms with Gasteiger partial charge in [-0.2, -0.15) is 14.6 Å². The number of nitrogens with zero attached hydrogens (tertiary/aromatic N) is 3. The lowest BCUT2D eigenvalue weighted by molar-refractivity contribution is 0.0955. The Labute approximate surface area is 130 Å². The number of nitrogens with one attached hydrogen (secondary N) is 1. The van der Waals surface area contributed by atoms with Crippen LogP contribution >= 0.6 is 23.2 Å². The molecule has 1 heterocycles. The molecule has 1 amide bonds. The first-order chi connectivity index (χ1) is 9.90. The van der Waals surface area contributed by atoms with Crippen LogP contribution in [0.1, 0.15) is 21.6 Å². The van der Waals surface area contributed by atoms with Gasteiger partial charge in [-0.25, -0.2) is 10.1 Å². The number of halogens is 3. The highest BCUT2D eigenvalue weighted by molar-refractivity contribution is 6.42. The Hall–Kier alpha value is -1.92.